The first kappa shape index (κ1) is 13.7. The standard InChI is InChI=1S/C14H21N5/c1-3-19-10-12(9-17-19)14(8-15)18(2)11-13-6-4-5-7-16-13/h4-7,9-10,14H,3,8,11,15H2,1-2H3. The number of rotatable bonds is 6. The molecule has 2 N–H and O–H groups in total. The van der Waals surface area contributed by atoms with E-state index in [-0.39, 0.29) is 6.04 Å². The van der Waals surface area contributed by atoms with Gasteiger partial charge in [0.05, 0.1) is 17.9 Å². The number of aromatic nitrogens is 3. The highest BCUT2D eigenvalue weighted by atomic mass is 15.3. The third-order valence-corrected chi connectivity index (χ3v) is 3.25. The zero-order valence-electron chi connectivity index (χ0n) is 11.5. The van der Waals surface area contributed by atoms with E-state index in [1.165, 1.54) is 0 Å². The topological polar surface area (TPSA) is 60.0 Å². The van der Waals surface area contributed by atoms with Crippen LogP contribution >= 0.6 is 0 Å². The Morgan fingerprint density at radius 2 is 2.26 bits per heavy atom. The van der Waals surface area contributed by atoms with Crippen molar-refractivity contribution in [1.82, 2.24) is 19.7 Å². The zero-order chi connectivity index (χ0) is 13.7. The van der Waals surface area contributed by atoms with Gasteiger partial charge in [-0.15, -0.1) is 0 Å². The maximum Gasteiger partial charge on any atom is 0.0544 e. The monoisotopic (exact) mass is 259 g/mol. The minimum absolute atomic E-state index is 0.169. The minimum atomic E-state index is 0.169. The van der Waals surface area contributed by atoms with Gasteiger partial charge in [0.1, 0.15) is 0 Å². The number of hydrogen-bond donors (Lipinski definition) is 1. The normalized spacial score (nSPS) is 12.8. The van der Waals surface area contributed by atoms with Gasteiger partial charge in [-0.05, 0) is 26.1 Å². The lowest BCUT2D eigenvalue weighted by atomic mass is 10.1. The summed E-state index contributed by atoms with van der Waals surface area (Å²) >= 11 is 0. The Balaban J connectivity index is 2.08. The lowest BCUT2D eigenvalue weighted by Gasteiger charge is -2.25. The Kier molecular flexibility index (Phi) is 4.65. The smallest absolute Gasteiger partial charge is 0.0544 e. The number of likely N-dealkylation sites (N-methyl/N-ethyl adjacent to an activating group) is 1. The molecule has 0 spiro atoms. The number of pyridine rings is 1. The van der Waals surface area contributed by atoms with E-state index in [4.69, 9.17) is 5.73 Å². The second kappa shape index (κ2) is 6.45. The molecule has 0 amide bonds. The van der Waals surface area contributed by atoms with Crippen LogP contribution in [0, 0.1) is 0 Å². The summed E-state index contributed by atoms with van der Waals surface area (Å²) < 4.78 is 1.92. The predicted octanol–water partition coefficient (Wildman–Crippen LogP) is 1.43. The molecule has 0 saturated carbocycles. The van der Waals surface area contributed by atoms with Crippen molar-refractivity contribution in [3.63, 3.8) is 0 Å². The Labute approximate surface area is 114 Å². The molecule has 2 rings (SSSR count). The van der Waals surface area contributed by atoms with Gasteiger partial charge in [0, 0.05) is 37.6 Å². The molecule has 1 atom stereocenters. The van der Waals surface area contributed by atoms with Gasteiger partial charge in [-0.3, -0.25) is 14.6 Å². The first-order chi connectivity index (χ1) is 9.24. The molecule has 2 aromatic heterocycles. The fourth-order valence-electron chi connectivity index (χ4n) is 2.15. The third-order valence-electron chi connectivity index (χ3n) is 3.25. The van der Waals surface area contributed by atoms with Crippen molar-refractivity contribution in [2.45, 2.75) is 26.1 Å². The summed E-state index contributed by atoms with van der Waals surface area (Å²) in [5, 5.41) is 4.31. The van der Waals surface area contributed by atoms with Gasteiger partial charge in [0.2, 0.25) is 0 Å². The van der Waals surface area contributed by atoms with E-state index in [2.05, 4.69) is 35.2 Å². The Morgan fingerprint density at radius 3 is 2.84 bits per heavy atom. The van der Waals surface area contributed by atoms with E-state index in [1.54, 1.807) is 0 Å². The average Bonchev–Trinajstić information content (AvgIpc) is 2.89. The molecule has 0 aromatic carbocycles. The van der Waals surface area contributed by atoms with Crippen molar-refractivity contribution in [3.8, 4) is 0 Å². The predicted molar refractivity (Wildman–Crippen MR) is 75.4 cm³/mol. The fourth-order valence-corrected chi connectivity index (χ4v) is 2.15. The molecule has 0 aliphatic carbocycles. The van der Waals surface area contributed by atoms with Gasteiger partial charge < -0.3 is 5.73 Å². The molecule has 0 aliphatic heterocycles. The second-order valence-electron chi connectivity index (χ2n) is 4.62. The van der Waals surface area contributed by atoms with Gasteiger partial charge in [-0.25, -0.2) is 0 Å². The van der Waals surface area contributed by atoms with Crippen molar-refractivity contribution in [2.75, 3.05) is 13.6 Å². The molecule has 0 fully saturated rings. The van der Waals surface area contributed by atoms with Crippen LogP contribution in [0.4, 0.5) is 0 Å². The quantitative estimate of drug-likeness (QED) is 0.852. The maximum absolute atomic E-state index is 5.91. The van der Waals surface area contributed by atoms with Crippen LogP contribution in [0.3, 0.4) is 0 Å². The molecule has 2 aromatic rings. The summed E-state index contributed by atoms with van der Waals surface area (Å²) in [5.41, 5.74) is 8.11. The van der Waals surface area contributed by atoms with Crippen molar-refractivity contribution >= 4 is 0 Å². The fraction of sp³-hybridized carbons (Fsp3) is 0.429. The van der Waals surface area contributed by atoms with E-state index >= 15 is 0 Å². The highest BCUT2D eigenvalue weighted by molar-refractivity contribution is 5.12. The van der Waals surface area contributed by atoms with Gasteiger partial charge in [0.25, 0.3) is 0 Å². The van der Waals surface area contributed by atoms with Gasteiger partial charge in [0.15, 0.2) is 0 Å². The molecule has 0 radical (unpaired) electrons. The summed E-state index contributed by atoms with van der Waals surface area (Å²) in [6.07, 6.45) is 5.78. The van der Waals surface area contributed by atoms with E-state index in [9.17, 15) is 0 Å². The van der Waals surface area contributed by atoms with Gasteiger partial charge in [-0.2, -0.15) is 5.10 Å². The van der Waals surface area contributed by atoms with Crippen LogP contribution in [-0.4, -0.2) is 33.3 Å². The highest BCUT2D eigenvalue weighted by Crippen LogP contribution is 2.19. The van der Waals surface area contributed by atoms with Crippen LogP contribution in [0.5, 0.6) is 0 Å². The summed E-state index contributed by atoms with van der Waals surface area (Å²) in [6.45, 7) is 4.30. The summed E-state index contributed by atoms with van der Waals surface area (Å²) in [6, 6.07) is 6.12. The van der Waals surface area contributed by atoms with Crippen molar-refractivity contribution in [1.29, 1.82) is 0 Å². The largest absolute Gasteiger partial charge is 0.329 e. The number of hydrogen-bond acceptors (Lipinski definition) is 4. The molecule has 0 aliphatic rings. The first-order valence-corrected chi connectivity index (χ1v) is 6.57. The average molecular weight is 259 g/mol. The minimum Gasteiger partial charge on any atom is -0.329 e. The molecule has 2 heterocycles. The van der Waals surface area contributed by atoms with E-state index in [0.29, 0.717) is 6.54 Å². The maximum atomic E-state index is 5.91. The lowest BCUT2D eigenvalue weighted by Crippen LogP contribution is -2.30. The van der Waals surface area contributed by atoms with Crippen molar-refractivity contribution < 1.29 is 0 Å². The van der Waals surface area contributed by atoms with E-state index < -0.39 is 0 Å². The second-order valence-corrected chi connectivity index (χ2v) is 4.62. The summed E-state index contributed by atoms with van der Waals surface area (Å²) in [7, 11) is 2.06. The first-order valence-electron chi connectivity index (χ1n) is 6.57. The third kappa shape index (κ3) is 3.39. The summed E-state index contributed by atoms with van der Waals surface area (Å²) in [4.78, 5) is 6.55. The van der Waals surface area contributed by atoms with E-state index in [1.807, 2.05) is 35.3 Å². The number of nitrogens with zero attached hydrogens (tertiary/aromatic N) is 4. The van der Waals surface area contributed by atoms with Crippen LogP contribution in [0.1, 0.15) is 24.2 Å². The molecule has 5 nitrogen and oxygen atoms in total. The molecule has 102 valence electrons. The molecular weight excluding hydrogens is 238 g/mol. The number of nitrogens with two attached hydrogens (primary N) is 1. The van der Waals surface area contributed by atoms with Gasteiger partial charge >= 0.3 is 0 Å². The van der Waals surface area contributed by atoms with Crippen LogP contribution in [0.2, 0.25) is 0 Å². The highest BCUT2D eigenvalue weighted by Gasteiger charge is 2.17. The number of aryl methyl sites for hydroxylation is 1. The van der Waals surface area contributed by atoms with Crippen molar-refractivity contribution in [3.05, 3.63) is 48.0 Å². The SMILES string of the molecule is CCn1cc(C(CN)N(C)Cc2ccccn2)cn1. The van der Waals surface area contributed by atoms with Crippen LogP contribution < -0.4 is 5.73 Å². The van der Waals surface area contributed by atoms with Crippen molar-refractivity contribution in [2.24, 2.45) is 5.73 Å². The molecule has 19 heavy (non-hydrogen) atoms. The van der Waals surface area contributed by atoms with E-state index in [0.717, 1.165) is 24.3 Å². The Hall–Kier alpha value is -1.72. The zero-order valence-corrected chi connectivity index (χ0v) is 11.5. The van der Waals surface area contributed by atoms with Crippen LogP contribution in [-0.2, 0) is 13.1 Å². The summed E-state index contributed by atoms with van der Waals surface area (Å²) in [5.74, 6) is 0. The lowest BCUT2D eigenvalue weighted by molar-refractivity contribution is 0.239. The van der Waals surface area contributed by atoms with Crippen LogP contribution in [0.15, 0.2) is 36.8 Å². The van der Waals surface area contributed by atoms with Crippen LogP contribution in [0.25, 0.3) is 0 Å². The Bertz CT molecular complexity index is 494. The molecule has 0 saturated heterocycles. The molecule has 0 bridgehead atoms. The molecular formula is C14H21N5. The molecule has 1 unspecified atom stereocenters. The van der Waals surface area contributed by atoms with Gasteiger partial charge in [-0.1, -0.05) is 6.07 Å². The Morgan fingerprint density at radius 1 is 1.42 bits per heavy atom. The molecule has 5 heteroatoms.